The quantitative estimate of drug-likeness (QED) is 0.392. The van der Waals surface area contributed by atoms with E-state index in [1.165, 1.54) is 18.6 Å². The molecule has 35 heavy (non-hydrogen) atoms. The Labute approximate surface area is 208 Å². The lowest BCUT2D eigenvalue weighted by atomic mass is 10.0. The van der Waals surface area contributed by atoms with Crippen molar-refractivity contribution in [1.29, 1.82) is 0 Å². The molecule has 4 amide bonds. The Morgan fingerprint density at radius 1 is 1.26 bits per heavy atom. The molecule has 1 fully saturated rings. The highest BCUT2D eigenvalue weighted by Gasteiger charge is 2.45. The molecular weight excluding hydrogens is 496 g/mol. The van der Waals surface area contributed by atoms with Crippen molar-refractivity contribution >= 4 is 51.9 Å². The van der Waals surface area contributed by atoms with Crippen molar-refractivity contribution in [2.75, 3.05) is 12.4 Å². The van der Waals surface area contributed by atoms with Gasteiger partial charge in [0.05, 0.1) is 12.1 Å². The van der Waals surface area contributed by atoms with E-state index in [-0.39, 0.29) is 22.3 Å². The van der Waals surface area contributed by atoms with Crippen LogP contribution in [0.1, 0.15) is 27.7 Å². The molecule has 12 heteroatoms. The maximum absolute atomic E-state index is 13.4. The molecule has 2 atom stereocenters. The lowest BCUT2D eigenvalue weighted by molar-refractivity contribution is -0.134. The van der Waals surface area contributed by atoms with Gasteiger partial charge in [0.25, 0.3) is 5.91 Å². The van der Waals surface area contributed by atoms with E-state index in [4.69, 9.17) is 21.4 Å². The van der Waals surface area contributed by atoms with Gasteiger partial charge in [-0.2, -0.15) is 0 Å². The van der Waals surface area contributed by atoms with Gasteiger partial charge in [-0.3, -0.25) is 9.59 Å². The number of ether oxygens (including phenoxy) is 1. The number of carbonyl (C=O) groups excluding carboxylic acids is 3. The van der Waals surface area contributed by atoms with Gasteiger partial charge in [-0.1, -0.05) is 48.0 Å². The second-order valence-corrected chi connectivity index (χ2v) is 8.79. The predicted octanol–water partition coefficient (Wildman–Crippen LogP) is 3.35. The number of rotatable bonds is 8. The predicted molar refractivity (Wildman–Crippen MR) is 128 cm³/mol. The van der Waals surface area contributed by atoms with Crippen molar-refractivity contribution in [3.05, 3.63) is 75.8 Å². The van der Waals surface area contributed by atoms with Crippen molar-refractivity contribution in [2.24, 2.45) is 0 Å². The first kappa shape index (κ1) is 24.2. The van der Waals surface area contributed by atoms with Gasteiger partial charge in [0.1, 0.15) is 17.8 Å². The zero-order chi connectivity index (χ0) is 25.1. The number of urea groups is 1. The third kappa shape index (κ3) is 5.10. The van der Waals surface area contributed by atoms with Crippen LogP contribution < -0.4 is 15.4 Å². The number of nitrogens with one attached hydrogen (secondary N) is 2. The fourth-order valence-corrected chi connectivity index (χ4v) is 4.59. The number of amides is 4. The number of thiazole rings is 1. The van der Waals surface area contributed by atoms with E-state index in [9.17, 15) is 19.2 Å². The van der Waals surface area contributed by atoms with Gasteiger partial charge in [0.15, 0.2) is 10.8 Å². The number of carboxylic acids is 1. The molecule has 0 saturated carbocycles. The summed E-state index contributed by atoms with van der Waals surface area (Å²) < 4.78 is 5.13. The standard InChI is InChI=1S/C23H19ClN4O6S/c1-34-17-8-7-13(10-14(17)24)18-20(30)28(23(33)26-18)16(9-12-5-3-2-4-6-12)19(29)27-22-25-15(11-35-22)21(31)32/h2-8,10-11,16,18H,9H2,1H3,(H,26,33)(H,31,32)(H,25,27,29)/t16-,18+/m0/s1. The molecule has 3 aromatic rings. The van der Waals surface area contributed by atoms with E-state index in [1.807, 2.05) is 0 Å². The van der Waals surface area contributed by atoms with Crippen LogP contribution in [0, 0.1) is 0 Å². The Hall–Kier alpha value is -3.96. The van der Waals surface area contributed by atoms with Crippen LogP contribution in [0.25, 0.3) is 0 Å². The summed E-state index contributed by atoms with van der Waals surface area (Å²) >= 11 is 7.11. The zero-order valence-corrected chi connectivity index (χ0v) is 19.8. The normalized spacial score (nSPS) is 16.1. The molecule has 0 aliphatic carbocycles. The molecule has 1 aliphatic heterocycles. The van der Waals surface area contributed by atoms with Gasteiger partial charge in [-0.15, -0.1) is 11.3 Å². The fourth-order valence-electron chi connectivity index (χ4n) is 3.63. The highest BCUT2D eigenvalue weighted by molar-refractivity contribution is 7.14. The van der Waals surface area contributed by atoms with Gasteiger partial charge in [-0.25, -0.2) is 19.5 Å². The average molecular weight is 515 g/mol. The van der Waals surface area contributed by atoms with Crippen LogP contribution in [0.3, 0.4) is 0 Å². The maximum Gasteiger partial charge on any atom is 0.355 e. The van der Waals surface area contributed by atoms with Crippen LogP contribution in [0.5, 0.6) is 5.75 Å². The Balaban J connectivity index is 1.63. The summed E-state index contributed by atoms with van der Waals surface area (Å²) in [5, 5.41) is 15.8. The number of hydrogen-bond acceptors (Lipinski definition) is 7. The van der Waals surface area contributed by atoms with Crippen molar-refractivity contribution in [3.63, 3.8) is 0 Å². The third-order valence-electron chi connectivity index (χ3n) is 5.32. The first-order chi connectivity index (χ1) is 16.8. The lowest BCUT2D eigenvalue weighted by Crippen LogP contribution is -2.49. The van der Waals surface area contributed by atoms with Crippen LogP contribution in [0.4, 0.5) is 9.93 Å². The Morgan fingerprint density at radius 3 is 2.63 bits per heavy atom. The molecule has 10 nitrogen and oxygen atoms in total. The zero-order valence-electron chi connectivity index (χ0n) is 18.2. The lowest BCUT2D eigenvalue weighted by Gasteiger charge is -2.24. The monoisotopic (exact) mass is 514 g/mol. The summed E-state index contributed by atoms with van der Waals surface area (Å²) in [5.74, 6) is -2.14. The molecule has 0 spiro atoms. The van der Waals surface area contributed by atoms with Crippen LogP contribution in [0.15, 0.2) is 53.9 Å². The van der Waals surface area contributed by atoms with E-state index in [2.05, 4.69) is 15.6 Å². The topological polar surface area (TPSA) is 138 Å². The second kappa shape index (κ2) is 10.1. The number of aromatic carboxylic acids is 1. The summed E-state index contributed by atoms with van der Waals surface area (Å²) in [7, 11) is 1.46. The first-order valence-electron chi connectivity index (χ1n) is 10.3. The summed E-state index contributed by atoms with van der Waals surface area (Å²) in [6.45, 7) is 0. The minimum atomic E-state index is -1.24. The van der Waals surface area contributed by atoms with Crippen LogP contribution in [0.2, 0.25) is 5.02 Å². The number of benzene rings is 2. The van der Waals surface area contributed by atoms with Crippen molar-refractivity contribution in [3.8, 4) is 5.75 Å². The molecule has 2 aromatic carbocycles. The number of carbonyl (C=O) groups is 4. The highest BCUT2D eigenvalue weighted by Crippen LogP contribution is 2.31. The van der Waals surface area contributed by atoms with Crippen molar-refractivity contribution < 1.29 is 29.0 Å². The Morgan fingerprint density at radius 2 is 2.00 bits per heavy atom. The minimum absolute atomic E-state index is 0.0380. The minimum Gasteiger partial charge on any atom is -0.495 e. The number of hydrogen-bond donors (Lipinski definition) is 3. The Kier molecular flexibility index (Phi) is 6.99. The molecule has 2 heterocycles. The van der Waals surface area contributed by atoms with E-state index in [0.29, 0.717) is 11.3 Å². The van der Waals surface area contributed by atoms with Gasteiger partial charge >= 0.3 is 12.0 Å². The van der Waals surface area contributed by atoms with Gasteiger partial charge in [0.2, 0.25) is 5.91 Å². The SMILES string of the molecule is COc1ccc([C@H]2NC(=O)N([C@@H](Cc3ccccc3)C(=O)Nc3nc(C(=O)O)cs3)C2=O)cc1Cl. The molecule has 0 radical (unpaired) electrons. The number of anilines is 1. The Bertz CT molecular complexity index is 1300. The summed E-state index contributed by atoms with van der Waals surface area (Å²) in [4.78, 5) is 55.4. The molecule has 1 saturated heterocycles. The molecule has 4 rings (SSSR count). The van der Waals surface area contributed by atoms with Gasteiger partial charge in [-0.05, 0) is 23.3 Å². The molecule has 3 N–H and O–H groups in total. The number of carboxylic acid groups (broad SMARTS) is 1. The van der Waals surface area contributed by atoms with E-state index in [1.54, 1.807) is 42.5 Å². The molecule has 1 aliphatic rings. The average Bonchev–Trinajstić information content (AvgIpc) is 3.42. The number of halogens is 1. The van der Waals surface area contributed by atoms with E-state index < -0.39 is 35.9 Å². The number of imide groups is 1. The van der Waals surface area contributed by atoms with Gasteiger partial charge in [0, 0.05) is 11.8 Å². The number of nitrogens with zero attached hydrogens (tertiary/aromatic N) is 2. The summed E-state index contributed by atoms with van der Waals surface area (Å²) in [6.07, 6.45) is 0.0408. The van der Waals surface area contributed by atoms with Crippen molar-refractivity contribution in [2.45, 2.75) is 18.5 Å². The van der Waals surface area contributed by atoms with Gasteiger partial charge < -0.3 is 20.5 Å². The molecular formula is C23H19ClN4O6S. The molecule has 0 unspecified atom stereocenters. The van der Waals surface area contributed by atoms with E-state index in [0.717, 1.165) is 21.8 Å². The van der Waals surface area contributed by atoms with Crippen LogP contribution >= 0.6 is 22.9 Å². The second-order valence-electron chi connectivity index (χ2n) is 7.52. The summed E-state index contributed by atoms with van der Waals surface area (Å²) in [5.41, 5.74) is 0.924. The molecule has 0 bridgehead atoms. The fraction of sp³-hybridized carbons (Fsp3) is 0.174. The number of aromatic nitrogens is 1. The molecule has 180 valence electrons. The number of methoxy groups -OCH3 is 1. The smallest absolute Gasteiger partial charge is 0.355 e. The third-order valence-corrected chi connectivity index (χ3v) is 6.37. The molecule has 1 aromatic heterocycles. The highest BCUT2D eigenvalue weighted by atomic mass is 35.5. The van der Waals surface area contributed by atoms with Crippen LogP contribution in [-0.2, 0) is 16.0 Å². The first-order valence-corrected chi connectivity index (χ1v) is 11.5. The van der Waals surface area contributed by atoms with E-state index >= 15 is 0 Å². The largest absolute Gasteiger partial charge is 0.495 e. The van der Waals surface area contributed by atoms with Crippen molar-refractivity contribution in [1.82, 2.24) is 15.2 Å². The summed E-state index contributed by atoms with van der Waals surface area (Å²) in [6, 6.07) is 10.6. The van der Waals surface area contributed by atoms with Crippen LogP contribution in [-0.4, -0.2) is 52.0 Å². The maximum atomic E-state index is 13.4.